The van der Waals surface area contributed by atoms with Crippen LogP contribution in [-0.4, -0.2) is 51.5 Å². The summed E-state index contributed by atoms with van der Waals surface area (Å²) in [6, 6.07) is 0.558. The van der Waals surface area contributed by atoms with Crippen LogP contribution in [0.2, 0.25) is 0 Å². The monoisotopic (exact) mass is 453 g/mol. The molecule has 0 aromatic carbocycles. The molecule has 2 aliphatic rings. The van der Waals surface area contributed by atoms with Crippen molar-refractivity contribution in [2.24, 2.45) is 10.9 Å². The van der Waals surface area contributed by atoms with Crippen molar-refractivity contribution in [2.75, 3.05) is 33.9 Å². The van der Waals surface area contributed by atoms with E-state index in [4.69, 9.17) is 9.47 Å². The third-order valence-electron chi connectivity index (χ3n) is 5.52. The SMILES string of the molecule is CCCC1CCC(NC(=NC)NCC2(OC)CCOCC2)CC1.I. The molecule has 6 heteroatoms. The molecule has 0 radical (unpaired) electrons. The smallest absolute Gasteiger partial charge is 0.191 e. The van der Waals surface area contributed by atoms with Gasteiger partial charge < -0.3 is 20.1 Å². The highest BCUT2D eigenvalue weighted by Crippen LogP contribution is 2.28. The van der Waals surface area contributed by atoms with E-state index in [1.807, 2.05) is 7.05 Å². The van der Waals surface area contributed by atoms with Gasteiger partial charge in [0.15, 0.2) is 5.96 Å². The van der Waals surface area contributed by atoms with Crippen molar-refractivity contribution in [3.63, 3.8) is 0 Å². The van der Waals surface area contributed by atoms with Gasteiger partial charge in [-0.15, -0.1) is 24.0 Å². The summed E-state index contributed by atoms with van der Waals surface area (Å²) in [5, 5.41) is 7.07. The predicted octanol–water partition coefficient (Wildman–Crippen LogP) is 3.32. The number of nitrogens with zero attached hydrogens (tertiary/aromatic N) is 1. The second kappa shape index (κ2) is 11.5. The lowest BCUT2D eigenvalue weighted by Crippen LogP contribution is -2.52. The van der Waals surface area contributed by atoms with E-state index in [0.717, 1.165) is 44.5 Å². The van der Waals surface area contributed by atoms with Gasteiger partial charge in [-0.25, -0.2) is 0 Å². The number of nitrogens with one attached hydrogen (secondary N) is 2. The van der Waals surface area contributed by atoms with Gasteiger partial charge in [-0.2, -0.15) is 0 Å². The lowest BCUT2D eigenvalue weighted by Gasteiger charge is -2.37. The average molecular weight is 453 g/mol. The minimum absolute atomic E-state index is 0. The Labute approximate surface area is 164 Å². The van der Waals surface area contributed by atoms with Gasteiger partial charge in [-0.1, -0.05) is 19.8 Å². The zero-order chi connectivity index (χ0) is 16.5. The summed E-state index contributed by atoms with van der Waals surface area (Å²) < 4.78 is 11.2. The topological polar surface area (TPSA) is 54.9 Å². The van der Waals surface area contributed by atoms with E-state index < -0.39 is 0 Å². The van der Waals surface area contributed by atoms with Gasteiger partial charge in [0, 0.05) is 52.8 Å². The van der Waals surface area contributed by atoms with E-state index in [9.17, 15) is 0 Å². The first-order chi connectivity index (χ1) is 11.2. The average Bonchev–Trinajstić information content (AvgIpc) is 2.61. The Bertz CT molecular complexity index is 365. The predicted molar refractivity (Wildman–Crippen MR) is 110 cm³/mol. The van der Waals surface area contributed by atoms with Crippen LogP contribution in [0.3, 0.4) is 0 Å². The normalized spacial score (nSPS) is 27.2. The molecule has 2 fully saturated rings. The Kier molecular flexibility index (Phi) is 10.5. The molecule has 0 spiro atoms. The number of rotatable bonds is 6. The molecule has 0 atom stereocenters. The van der Waals surface area contributed by atoms with Gasteiger partial charge in [-0.3, -0.25) is 4.99 Å². The maximum atomic E-state index is 5.78. The quantitative estimate of drug-likeness (QED) is 0.368. The fourth-order valence-corrected chi connectivity index (χ4v) is 3.83. The lowest BCUT2D eigenvalue weighted by molar-refractivity contribution is -0.0855. The van der Waals surface area contributed by atoms with Gasteiger partial charge >= 0.3 is 0 Å². The highest BCUT2D eigenvalue weighted by Gasteiger charge is 2.32. The Hall–Kier alpha value is -0.0800. The fourth-order valence-electron chi connectivity index (χ4n) is 3.83. The van der Waals surface area contributed by atoms with Crippen LogP contribution >= 0.6 is 24.0 Å². The van der Waals surface area contributed by atoms with E-state index in [2.05, 4.69) is 22.5 Å². The van der Waals surface area contributed by atoms with Gasteiger partial charge in [0.2, 0.25) is 0 Å². The summed E-state index contributed by atoms with van der Waals surface area (Å²) in [6.45, 7) is 4.64. The minimum Gasteiger partial charge on any atom is -0.381 e. The third kappa shape index (κ3) is 6.67. The minimum atomic E-state index is -0.116. The molecule has 24 heavy (non-hydrogen) atoms. The van der Waals surface area contributed by atoms with Crippen molar-refractivity contribution in [2.45, 2.75) is 69.9 Å². The number of hydrogen-bond donors (Lipinski definition) is 2. The van der Waals surface area contributed by atoms with E-state index in [1.54, 1.807) is 7.11 Å². The molecule has 0 unspecified atom stereocenters. The van der Waals surface area contributed by atoms with Crippen molar-refractivity contribution < 1.29 is 9.47 Å². The van der Waals surface area contributed by atoms with Crippen LogP contribution in [0, 0.1) is 5.92 Å². The van der Waals surface area contributed by atoms with Crippen molar-refractivity contribution in [1.29, 1.82) is 0 Å². The Balaban J connectivity index is 0.00000288. The lowest BCUT2D eigenvalue weighted by atomic mass is 9.83. The summed E-state index contributed by atoms with van der Waals surface area (Å²) >= 11 is 0. The summed E-state index contributed by atoms with van der Waals surface area (Å²) in [4.78, 5) is 4.39. The maximum Gasteiger partial charge on any atom is 0.191 e. The molecule has 1 saturated heterocycles. The fraction of sp³-hybridized carbons (Fsp3) is 0.944. The van der Waals surface area contributed by atoms with Gasteiger partial charge in [-0.05, 0) is 31.6 Å². The molecule has 2 N–H and O–H groups in total. The molecular formula is C18H36IN3O2. The van der Waals surface area contributed by atoms with Gasteiger partial charge in [0.25, 0.3) is 0 Å². The van der Waals surface area contributed by atoms with Crippen molar-refractivity contribution in [3.8, 4) is 0 Å². The molecule has 0 amide bonds. The van der Waals surface area contributed by atoms with Crippen LogP contribution in [0.1, 0.15) is 58.3 Å². The summed E-state index contributed by atoms with van der Waals surface area (Å²) in [6.07, 6.45) is 9.80. The Morgan fingerprint density at radius 3 is 2.42 bits per heavy atom. The van der Waals surface area contributed by atoms with Crippen LogP contribution in [0.25, 0.3) is 0 Å². The standard InChI is InChI=1S/C18H35N3O2.HI/c1-4-5-15-6-8-16(9-7-15)21-17(19-2)20-14-18(22-3)10-12-23-13-11-18;/h15-16H,4-14H2,1-3H3,(H2,19,20,21);1H. The summed E-state index contributed by atoms with van der Waals surface area (Å²) in [5.41, 5.74) is -0.116. The van der Waals surface area contributed by atoms with E-state index >= 15 is 0 Å². The number of aliphatic imine (C=N–C) groups is 1. The Morgan fingerprint density at radius 2 is 1.88 bits per heavy atom. The van der Waals surface area contributed by atoms with Crippen LogP contribution < -0.4 is 10.6 Å². The molecule has 0 aromatic heterocycles. The van der Waals surface area contributed by atoms with Crippen LogP contribution in [0.4, 0.5) is 0 Å². The number of methoxy groups -OCH3 is 1. The molecular weight excluding hydrogens is 417 g/mol. The molecule has 1 aliphatic carbocycles. The second-order valence-electron chi connectivity index (χ2n) is 7.08. The van der Waals surface area contributed by atoms with Gasteiger partial charge in [0.05, 0.1) is 5.60 Å². The molecule has 142 valence electrons. The molecule has 5 nitrogen and oxygen atoms in total. The third-order valence-corrected chi connectivity index (χ3v) is 5.52. The summed E-state index contributed by atoms with van der Waals surface area (Å²) in [5.74, 6) is 1.85. The first-order valence-corrected chi connectivity index (χ1v) is 9.31. The van der Waals surface area contributed by atoms with E-state index in [-0.39, 0.29) is 29.6 Å². The summed E-state index contributed by atoms with van der Waals surface area (Å²) in [7, 11) is 3.65. The first kappa shape index (κ1) is 22.0. The van der Waals surface area contributed by atoms with Crippen LogP contribution in [0.15, 0.2) is 4.99 Å². The molecule has 1 saturated carbocycles. The zero-order valence-corrected chi connectivity index (χ0v) is 17.9. The van der Waals surface area contributed by atoms with Crippen LogP contribution in [-0.2, 0) is 9.47 Å². The highest BCUT2D eigenvalue weighted by molar-refractivity contribution is 14.0. The zero-order valence-electron chi connectivity index (χ0n) is 15.6. The largest absolute Gasteiger partial charge is 0.381 e. The second-order valence-corrected chi connectivity index (χ2v) is 7.08. The number of guanidine groups is 1. The van der Waals surface area contributed by atoms with E-state index in [0.29, 0.717) is 6.04 Å². The van der Waals surface area contributed by atoms with E-state index in [1.165, 1.54) is 38.5 Å². The highest BCUT2D eigenvalue weighted by atomic mass is 127. The molecule has 0 bridgehead atoms. The Morgan fingerprint density at radius 1 is 1.21 bits per heavy atom. The van der Waals surface area contributed by atoms with Gasteiger partial charge in [0.1, 0.15) is 0 Å². The van der Waals surface area contributed by atoms with Crippen molar-refractivity contribution >= 4 is 29.9 Å². The first-order valence-electron chi connectivity index (χ1n) is 9.31. The van der Waals surface area contributed by atoms with Crippen molar-refractivity contribution in [1.82, 2.24) is 10.6 Å². The molecule has 2 rings (SSSR count). The number of hydrogen-bond acceptors (Lipinski definition) is 3. The molecule has 0 aromatic rings. The molecule has 1 aliphatic heterocycles. The number of ether oxygens (including phenoxy) is 2. The molecule has 1 heterocycles. The number of halogens is 1. The maximum absolute atomic E-state index is 5.78. The van der Waals surface area contributed by atoms with Crippen LogP contribution in [0.5, 0.6) is 0 Å². The van der Waals surface area contributed by atoms with Crippen molar-refractivity contribution in [3.05, 3.63) is 0 Å².